The maximum Gasteiger partial charge on any atom is 0.321 e. The molecule has 0 bridgehead atoms. The number of aliphatic carboxylic acids is 1. The van der Waals surface area contributed by atoms with E-state index in [1.54, 1.807) is 18.7 Å². The second kappa shape index (κ2) is 7.14. The third-order valence-corrected chi connectivity index (χ3v) is 4.37. The van der Waals surface area contributed by atoms with Crippen molar-refractivity contribution >= 4 is 23.6 Å². The van der Waals surface area contributed by atoms with Gasteiger partial charge in [0.05, 0.1) is 5.75 Å². The minimum absolute atomic E-state index is 0.0145. The molecule has 0 aliphatic rings. The molecule has 0 spiro atoms. The van der Waals surface area contributed by atoms with Crippen LogP contribution in [0.5, 0.6) is 0 Å². The maximum absolute atomic E-state index is 12.2. The second-order valence-corrected chi connectivity index (χ2v) is 7.33. The number of carboxylic acid groups (broad SMARTS) is 1. The quantitative estimate of drug-likeness (QED) is 0.743. The van der Waals surface area contributed by atoms with Crippen LogP contribution >= 0.6 is 11.8 Å². The van der Waals surface area contributed by atoms with E-state index in [2.05, 4.69) is 0 Å². The number of amides is 1. The molecule has 0 saturated heterocycles. The highest BCUT2D eigenvalue weighted by molar-refractivity contribution is 8.01. The summed E-state index contributed by atoms with van der Waals surface area (Å²) in [6, 6.07) is -0.731. The number of carbonyl (C=O) groups excluding carboxylic acids is 1. The minimum Gasteiger partial charge on any atom is -0.480 e. The number of carboxylic acids is 1. The molecule has 1 amide bonds. The van der Waals surface area contributed by atoms with Crippen molar-refractivity contribution in [3.05, 3.63) is 0 Å². The molecule has 5 nitrogen and oxygen atoms in total. The van der Waals surface area contributed by atoms with Gasteiger partial charge >= 0.3 is 5.97 Å². The van der Waals surface area contributed by atoms with Gasteiger partial charge in [-0.15, -0.1) is 11.8 Å². The van der Waals surface area contributed by atoms with Crippen LogP contribution in [-0.2, 0) is 9.59 Å². The van der Waals surface area contributed by atoms with Crippen LogP contribution in [-0.4, -0.2) is 50.5 Å². The van der Waals surface area contributed by atoms with Crippen molar-refractivity contribution in [2.75, 3.05) is 5.75 Å². The van der Waals surface area contributed by atoms with Crippen LogP contribution in [0, 0.1) is 0 Å². The van der Waals surface area contributed by atoms with Crippen LogP contribution in [0.3, 0.4) is 0 Å². The summed E-state index contributed by atoms with van der Waals surface area (Å²) >= 11 is 1.29. The smallest absolute Gasteiger partial charge is 0.321 e. The fourth-order valence-corrected chi connectivity index (χ4v) is 2.81. The molecule has 0 aliphatic carbocycles. The van der Waals surface area contributed by atoms with Crippen molar-refractivity contribution in [1.82, 2.24) is 4.90 Å². The lowest BCUT2D eigenvalue weighted by atomic mass is 10.1. The SMILES string of the molecule is CC(C)N(C(=O)CSC(C)(C)[C@@H](N)C(=O)O)C(C)C. The molecule has 0 unspecified atom stereocenters. The Morgan fingerprint density at radius 3 is 1.95 bits per heavy atom. The third kappa shape index (κ3) is 5.40. The van der Waals surface area contributed by atoms with E-state index >= 15 is 0 Å². The average molecular weight is 290 g/mol. The molecule has 0 heterocycles. The number of nitrogens with zero attached hydrogens (tertiary/aromatic N) is 1. The summed E-state index contributed by atoms with van der Waals surface area (Å²) in [7, 11) is 0. The predicted octanol–water partition coefficient (Wildman–Crippen LogP) is 1.56. The van der Waals surface area contributed by atoms with E-state index in [4.69, 9.17) is 10.8 Å². The number of thioether (sulfide) groups is 1. The summed E-state index contributed by atoms with van der Waals surface area (Å²) in [6.45, 7) is 11.4. The predicted molar refractivity (Wildman–Crippen MR) is 79.3 cm³/mol. The first-order valence-electron chi connectivity index (χ1n) is 6.44. The van der Waals surface area contributed by atoms with Gasteiger partial charge in [0.25, 0.3) is 0 Å². The van der Waals surface area contributed by atoms with E-state index in [9.17, 15) is 9.59 Å². The van der Waals surface area contributed by atoms with Gasteiger partial charge in [0.2, 0.25) is 5.91 Å². The minimum atomic E-state index is -1.05. The zero-order valence-corrected chi connectivity index (χ0v) is 13.5. The average Bonchev–Trinajstić information content (AvgIpc) is 2.24. The fraction of sp³-hybridized carbons (Fsp3) is 0.846. The number of hydrogen-bond donors (Lipinski definition) is 2. The van der Waals surface area contributed by atoms with Crippen molar-refractivity contribution in [1.29, 1.82) is 0 Å². The molecule has 0 aromatic rings. The van der Waals surface area contributed by atoms with E-state index in [0.29, 0.717) is 0 Å². The second-order valence-electron chi connectivity index (χ2n) is 5.70. The molecular weight excluding hydrogens is 264 g/mol. The lowest BCUT2D eigenvalue weighted by molar-refractivity contribution is -0.139. The Kier molecular flexibility index (Phi) is 6.86. The Morgan fingerprint density at radius 2 is 1.63 bits per heavy atom. The summed E-state index contributed by atoms with van der Waals surface area (Å²) in [4.78, 5) is 24.9. The summed E-state index contributed by atoms with van der Waals surface area (Å²) in [5.41, 5.74) is 5.63. The zero-order valence-electron chi connectivity index (χ0n) is 12.6. The molecule has 0 radical (unpaired) electrons. The van der Waals surface area contributed by atoms with Gasteiger partial charge in [-0.25, -0.2) is 0 Å². The van der Waals surface area contributed by atoms with Crippen LogP contribution in [0.2, 0.25) is 0 Å². The summed E-state index contributed by atoms with van der Waals surface area (Å²) in [5.74, 6) is -0.792. The first-order valence-corrected chi connectivity index (χ1v) is 7.42. The molecule has 0 aromatic carbocycles. The van der Waals surface area contributed by atoms with E-state index in [1.807, 2.05) is 27.7 Å². The molecule has 0 rings (SSSR count). The molecule has 19 heavy (non-hydrogen) atoms. The molecule has 112 valence electrons. The van der Waals surface area contributed by atoms with Crippen LogP contribution in [0.1, 0.15) is 41.5 Å². The van der Waals surface area contributed by atoms with Crippen molar-refractivity contribution in [2.24, 2.45) is 5.73 Å². The molecule has 0 aromatic heterocycles. The highest BCUT2D eigenvalue weighted by Crippen LogP contribution is 2.28. The Labute approximate surface area is 119 Å². The van der Waals surface area contributed by atoms with Gasteiger partial charge in [-0.3, -0.25) is 9.59 Å². The van der Waals surface area contributed by atoms with Crippen LogP contribution in [0.4, 0.5) is 0 Å². The Morgan fingerprint density at radius 1 is 1.21 bits per heavy atom. The maximum atomic E-state index is 12.2. The number of carbonyl (C=O) groups is 2. The van der Waals surface area contributed by atoms with E-state index in [0.717, 1.165) is 0 Å². The standard InChI is InChI=1S/C13H26N2O3S/c1-8(2)15(9(3)4)10(16)7-19-13(5,6)11(14)12(17)18/h8-9,11H,7,14H2,1-6H3,(H,17,18)/t11-/m0/s1. The third-order valence-electron chi connectivity index (χ3n) is 2.98. The first kappa shape index (κ1) is 18.2. The highest BCUT2D eigenvalue weighted by atomic mass is 32.2. The highest BCUT2D eigenvalue weighted by Gasteiger charge is 2.34. The van der Waals surface area contributed by atoms with E-state index < -0.39 is 16.8 Å². The molecule has 3 N–H and O–H groups in total. The molecular formula is C13H26N2O3S. The van der Waals surface area contributed by atoms with Gasteiger partial charge in [0, 0.05) is 16.8 Å². The molecule has 6 heteroatoms. The van der Waals surface area contributed by atoms with Gasteiger partial charge in [0.15, 0.2) is 0 Å². The van der Waals surface area contributed by atoms with Crippen molar-refractivity contribution < 1.29 is 14.7 Å². The molecule has 0 saturated carbocycles. The van der Waals surface area contributed by atoms with E-state index in [1.165, 1.54) is 11.8 Å². The number of nitrogens with two attached hydrogens (primary N) is 1. The van der Waals surface area contributed by atoms with Crippen molar-refractivity contribution in [3.8, 4) is 0 Å². The van der Waals surface area contributed by atoms with Crippen LogP contribution < -0.4 is 5.73 Å². The van der Waals surface area contributed by atoms with Crippen LogP contribution in [0.15, 0.2) is 0 Å². The van der Waals surface area contributed by atoms with Gasteiger partial charge < -0.3 is 15.7 Å². The first-order chi connectivity index (χ1) is 8.50. The number of hydrogen-bond acceptors (Lipinski definition) is 4. The summed E-state index contributed by atoms with van der Waals surface area (Å²) < 4.78 is -0.679. The zero-order chi connectivity index (χ0) is 15.4. The summed E-state index contributed by atoms with van der Waals surface area (Å²) in [6.07, 6.45) is 0. The van der Waals surface area contributed by atoms with Gasteiger partial charge in [-0.2, -0.15) is 0 Å². The lowest BCUT2D eigenvalue weighted by Gasteiger charge is -2.33. The lowest BCUT2D eigenvalue weighted by Crippen LogP contribution is -2.48. The summed E-state index contributed by atoms with van der Waals surface area (Å²) in [5, 5.41) is 8.93. The molecule has 0 aliphatic heterocycles. The van der Waals surface area contributed by atoms with Gasteiger partial charge in [0.1, 0.15) is 6.04 Å². The Balaban J connectivity index is 4.63. The largest absolute Gasteiger partial charge is 0.480 e. The number of rotatable bonds is 7. The Hall–Kier alpha value is -0.750. The topological polar surface area (TPSA) is 83.6 Å². The van der Waals surface area contributed by atoms with Crippen molar-refractivity contribution in [2.45, 2.75) is 64.4 Å². The molecule has 1 atom stereocenters. The monoisotopic (exact) mass is 290 g/mol. The van der Waals surface area contributed by atoms with Crippen LogP contribution in [0.25, 0.3) is 0 Å². The van der Waals surface area contributed by atoms with E-state index in [-0.39, 0.29) is 23.7 Å². The fourth-order valence-electron chi connectivity index (χ4n) is 1.88. The normalized spacial score (nSPS) is 13.7. The Bertz CT molecular complexity index is 322. The van der Waals surface area contributed by atoms with Gasteiger partial charge in [-0.1, -0.05) is 0 Å². The van der Waals surface area contributed by atoms with Crippen molar-refractivity contribution in [3.63, 3.8) is 0 Å². The molecule has 0 fully saturated rings. The van der Waals surface area contributed by atoms with Gasteiger partial charge in [-0.05, 0) is 41.5 Å².